The normalized spacial score (nSPS) is 20.4. The van der Waals surface area contributed by atoms with Gasteiger partial charge in [-0.05, 0) is 52.2 Å². The smallest absolute Gasteiger partial charge is 0.339 e. The summed E-state index contributed by atoms with van der Waals surface area (Å²) in [7, 11) is 1.33. The van der Waals surface area contributed by atoms with Gasteiger partial charge in [-0.2, -0.15) is 0 Å². The average molecular weight is 546 g/mol. The Hall–Kier alpha value is -1.68. The van der Waals surface area contributed by atoms with Gasteiger partial charge in [0.25, 0.3) is 5.91 Å². The number of halogens is 1. The van der Waals surface area contributed by atoms with Crippen LogP contribution in [0.2, 0.25) is 0 Å². The zero-order valence-corrected chi connectivity index (χ0v) is 21.7. The van der Waals surface area contributed by atoms with E-state index < -0.39 is 5.97 Å². The van der Waals surface area contributed by atoms with Gasteiger partial charge in [0.15, 0.2) is 6.54 Å². The lowest BCUT2D eigenvalue weighted by atomic mass is 9.93. The third-order valence-electron chi connectivity index (χ3n) is 6.31. The first kappa shape index (κ1) is 27.4. The number of methoxy groups -OCH3 is 1. The second kappa shape index (κ2) is 12.4. The maximum atomic E-state index is 13.0. The van der Waals surface area contributed by atoms with Crippen LogP contribution in [-0.4, -0.2) is 73.5 Å². The van der Waals surface area contributed by atoms with Crippen molar-refractivity contribution in [2.45, 2.75) is 40.5 Å². The number of likely N-dealkylation sites (N-methyl/N-ethyl adjacent to an activating group) is 1. The fourth-order valence-electron chi connectivity index (χ4n) is 4.46. The van der Waals surface area contributed by atoms with Gasteiger partial charge in [-0.1, -0.05) is 12.1 Å². The van der Waals surface area contributed by atoms with Crippen LogP contribution in [-0.2, 0) is 14.3 Å². The van der Waals surface area contributed by atoms with Crippen molar-refractivity contribution in [3.8, 4) is 0 Å². The van der Waals surface area contributed by atoms with Crippen LogP contribution < -0.4 is 5.32 Å². The maximum absolute atomic E-state index is 13.0. The molecule has 0 bridgehead atoms. The number of ether oxygens (including phenoxy) is 1. The first-order valence-electron chi connectivity index (χ1n) is 10.9. The Morgan fingerprint density at radius 1 is 1.19 bits per heavy atom. The predicted octanol–water partition coefficient (Wildman–Crippen LogP) is 3.45. The first-order chi connectivity index (χ1) is 14.3. The molecule has 2 atom stereocenters. The minimum absolute atomic E-state index is 0. The van der Waals surface area contributed by atoms with Crippen LogP contribution >= 0.6 is 24.0 Å². The molecule has 1 aliphatic heterocycles. The summed E-state index contributed by atoms with van der Waals surface area (Å²) in [6.45, 7) is 12.0. The molecule has 174 valence electrons. The van der Waals surface area contributed by atoms with E-state index in [0.29, 0.717) is 35.4 Å². The second-order valence-electron chi connectivity index (χ2n) is 8.11. The predicted molar refractivity (Wildman–Crippen MR) is 133 cm³/mol. The molecule has 1 N–H and O–H groups in total. The molecule has 1 heterocycles. The highest BCUT2D eigenvalue weighted by atomic mass is 127. The standard InChI is InChI=1S/C23H35N3O4.HI/c1-6-25(7-2)22(28)18-12-10-14-26(8-3,15-18)16-20(27)24-21-17(4)11-9-13-19(21)23(29)30-5;/h9,11,13,18H,6-8,10,12,14-16H2,1-5H3;1H/p+1. The Bertz CT molecular complexity index is 782. The van der Waals surface area contributed by atoms with Crippen LogP contribution in [0.15, 0.2) is 18.2 Å². The molecule has 31 heavy (non-hydrogen) atoms. The van der Waals surface area contributed by atoms with E-state index in [9.17, 15) is 14.4 Å². The van der Waals surface area contributed by atoms with Crippen molar-refractivity contribution in [2.24, 2.45) is 5.92 Å². The Morgan fingerprint density at radius 3 is 2.45 bits per heavy atom. The number of hydrogen-bond acceptors (Lipinski definition) is 4. The largest absolute Gasteiger partial charge is 0.465 e. The third-order valence-corrected chi connectivity index (χ3v) is 6.31. The van der Waals surface area contributed by atoms with Crippen LogP contribution in [0, 0.1) is 12.8 Å². The van der Waals surface area contributed by atoms with Crippen LogP contribution in [0.1, 0.15) is 49.5 Å². The molecule has 1 aromatic carbocycles. The molecular weight excluding hydrogens is 509 g/mol. The molecule has 1 aromatic rings. The highest BCUT2D eigenvalue weighted by molar-refractivity contribution is 14.0. The van der Waals surface area contributed by atoms with Gasteiger partial charge in [-0.3, -0.25) is 9.59 Å². The zero-order valence-electron chi connectivity index (χ0n) is 19.4. The highest BCUT2D eigenvalue weighted by Gasteiger charge is 2.39. The molecule has 1 saturated heterocycles. The number of esters is 1. The number of nitrogens with zero attached hydrogens (tertiary/aromatic N) is 2. The number of amides is 2. The number of likely N-dealkylation sites (tertiary alicyclic amines) is 1. The fraction of sp³-hybridized carbons (Fsp3) is 0.609. The summed E-state index contributed by atoms with van der Waals surface area (Å²) in [6.07, 6.45) is 1.80. The summed E-state index contributed by atoms with van der Waals surface area (Å²) < 4.78 is 5.44. The van der Waals surface area contributed by atoms with Gasteiger partial charge >= 0.3 is 5.97 Å². The highest BCUT2D eigenvalue weighted by Crippen LogP contribution is 2.26. The maximum Gasteiger partial charge on any atom is 0.339 e. The van der Waals surface area contributed by atoms with Gasteiger partial charge in [0, 0.05) is 13.1 Å². The van der Waals surface area contributed by atoms with Gasteiger partial charge in [-0.15, -0.1) is 24.0 Å². The number of piperidine rings is 1. The van der Waals surface area contributed by atoms with Crippen molar-refractivity contribution < 1.29 is 23.6 Å². The molecule has 2 unspecified atom stereocenters. The van der Waals surface area contributed by atoms with E-state index in [1.807, 2.05) is 31.7 Å². The number of nitrogens with one attached hydrogen (secondary N) is 1. The van der Waals surface area contributed by atoms with Gasteiger partial charge in [0.2, 0.25) is 5.91 Å². The summed E-state index contributed by atoms with van der Waals surface area (Å²) in [5.74, 6) is -0.470. The molecule has 1 aliphatic rings. The molecule has 2 rings (SSSR count). The van der Waals surface area contributed by atoms with Crippen molar-refractivity contribution in [3.63, 3.8) is 0 Å². The number of quaternary nitrogens is 1. The lowest BCUT2D eigenvalue weighted by molar-refractivity contribution is -0.925. The Morgan fingerprint density at radius 2 is 1.87 bits per heavy atom. The molecule has 2 amide bonds. The monoisotopic (exact) mass is 546 g/mol. The van der Waals surface area contributed by atoms with E-state index in [-0.39, 0.29) is 48.3 Å². The number of rotatable bonds is 8. The summed E-state index contributed by atoms with van der Waals surface area (Å²) in [5.41, 5.74) is 1.65. The Balaban J connectivity index is 0.00000480. The molecule has 7 nitrogen and oxygen atoms in total. The lowest BCUT2D eigenvalue weighted by Gasteiger charge is -2.43. The molecule has 0 aliphatic carbocycles. The van der Waals surface area contributed by atoms with E-state index in [2.05, 4.69) is 12.2 Å². The number of anilines is 1. The number of aryl methyl sites for hydroxylation is 1. The molecule has 8 heteroatoms. The minimum atomic E-state index is -0.476. The molecular formula is C23H37IN3O4+. The number of para-hydroxylation sites is 1. The average Bonchev–Trinajstić information content (AvgIpc) is 2.75. The number of carbonyl (C=O) groups excluding carboxylic acids is 3. The summed E-state index contributed by atoms with van der Waals surface area (Å²) in [5, 5.41) is 2.94. The van der Waals surface area contributed by atoms with E-state index in [1.165, 1.54) is 7.11 Å². The number of benzene rings is 1. The molecule has 0 saturated carbocycles. The Labute approximate surface area is 203 Å². The van der Waals surface area contributed by atoms with E-state index in [4.69, 9.17) is 4.74 Å². The van der Waals surface area contributed by atoms with Gasteiger partial charge in [-0.25, -0.2) is 4.79 Å². The number of hydrogen-bond donors (Lipinski definition) is 1. The van der Waals surface area contributed by atoms with Crippen molar-refractivity contribution in [3.05, 3.63) is 29.3 Å². The van der Waals surface area contributed by atoms with Crippen LogP contribution in [0.3, 0.4) is 0 Å². The van der Waals surface area contributed by atoms with E-state index in [1.54, 1.807) is 12.1 Å². The minimum Gasteiger partial charge on any atom is -0.465 e. The summed E-state index contributed by atoms with van der Waals surface area (Å²) in [4.78, 5) is 39.9. The molecule has 1 fully saturated rings. The molecule has 0 spiro atoms. The first-order valence-corrected chi connectivity index (χ1v) is 10.9. The van der Waals surface area contributed by atoms with E-state index >= 15 is 0 Å². The fourth-order valence-corrected chi connectivity index (χ4v) is 4.46. The van der Waals surface area contributed by atoms with Crippen LogP contribution in [0.4, 0.5) is 5.69 Å². The number of carbonyl (C=O) groups is 3. The zero-order chi connectivity index (χ0) is 22.3. The van der Waals surface area contributed by atoms with Crippen molar-refractivity contribution in [1.29, 1.82) is 0 Å². The van der Waals surface area contributed by atoms with Crippen molar-refractivity contribution in [2.75, 3.05) is 51.7 Å². The van der Waals surface area contributed by atoms with Gasteiger partial charge < -0.3 is 19.4 Å². The molecule has 0 aromatic heterocycles. The quantitative estimate of drug-likeness (QED) is 0.308. The van der Waals surface area contributed by atoms with Gasteiger partial charge in [0.05, 0.1) is 43.9 Å². The summed E-state index contributed by atoms with van der Waals surface area (Å²) >= 11 is 0. The topological polar surface area (TPSA) is 75.7 Å². The van der Waals surface area contributed by atoms with Crippen LogP contribution in [0.5, 0.6) is 0 Å². The van der Waals surface area contributed by atoms with E-state index in [0.717, 1.165) is 31.5 Å². The van der Waals surface area contributed by atoms with Crippen molar-refractivity contribution >= 4 is 47.4 Å². The Kier molecular flexibility index (Phi) is 10.9. The summed E-state index contributed by atoms with van der Waals surface area (Å²) in [6, 6.07) is 5.27. The third kappa shape index (κ3) is 6.65. The van der Waals surface area contributed by atoms with Crippen molar-refractivity contribution in [1.82, 2.24) is 4.90 Å². The lowest BCUT2D eigenvalue weighted by Crippen LogP contribution is -2.59. The second-order valence-corrected chi connectivity index (χ2v) is 8.11. The van der Waals surface area contributed by atoms with Gasteiger partial charge in [0.1, 0.15) is 0 Å². The molecule has 0 radical (unpaired) electrons. The SMILES string of the molecule is CCN(CC)C(=O)C1CCC[N+](CC)(CC(=O)Nc2c(C)cccc2C(=O)OC)C1.I. The van der Waals surface area contributed by atoms with Crippen LogP contribution in [0.25, 0.3) is 0 Å².